The van der Waals surface area contributed by atoms with Gasteiger partial charge in [-0.05, 0) is 29.8 Å². The van der Waals surface area contributed by atoms with Crippen LogP contribution >= 0.6 is 15.9 Å². The van der Waals surface area contributed by atoms with Gasteiger partial charge in [0.1, 0.15) is 6.04 Å². The summed E-state index contributed by atoms with van der Waals surface area (Å²) in [5.41, 5.74) is 0.618. The molecule has 0 unspecified atom stereocenters. The lowest BCUT2D eigenvalue weighted by Crippen LogP contribution is -2.27. The molecule has 0 aromatic heterocycles. The van der Waals surface area contributed by atoms with Crippen LogP contribution in [0.5, 0.6) is 0 Å². The van der Waals surface area contributed by atoms with Gasteiger partial charge >= 0.3 is 6.18 Å². The van der Waals surface area contributed by atoms with Crippen molar-refractivity contribution in [3.8, 4) is 0 Å². The predicted molar refractivity (Wildman–Crippen MR) is 73.0 cm³/mol. The zero-order valence-corrected chi connectivity index (χ0v) is 11.4. The van der Waals surface area contributed by atoms with Gasteiger partial charge in [-0.1, -0.05) is 46.3 Å². The number of benzene rings is 2. The van der Waals surface area contributed by atoms with Gasteiger partial charge < -0.3 is 5.32 Å². The molecule has 19 heavy (non-hydrogen) atoms. The van der Waals surface area contributed by atoms with E-state index in [1.165, 1.54) is 12.1 Å². The van der Waals surface area contributed by atoms with Gasteiger partial charge in [0, 0.05) is 10.2 Å². The molecular weight excluding hydrogens is 319 g/mol. The third kappa shape index (κ3) is 3.73. The zero-order chi connectivity index (χ0) is 13.9. The van der Waals surface area contributed by atoms with E-state index in [1.54, 1.807) is 42.5 Å². The Bertz CT molecular complexity index is 523. The standard InChI is InChI=1S/C14H11BrF3N/c15-11-6-8-12(9-7-11)19-13(14(16,17)18)10-4-2-1-3-5-10/h1-9,13,19H/t13-/m0/s1. The van der Waals surface area contributed by atoms with Crippen LogP contribution in [0.15, 0.2) is 59.1 Å². The molecule has 1 N–H and O–H groups in total. The smallest absolute Gasteiger partial charge is 0.370 e. The molecule has 100 valence electrons. The van der Waals surface area contributed by atoms with Crippen molar-refractivity contribution in [2.24, 2.45) is 0 Å². The van der Waals surface area contributed by atoms with Gasteiger partial charge in [-0.25, -0.2) is 0 Å². The van der Waals surface area contributed by atoms with E-state index in [0.717, 1.165) is 4.47 Å². The molecule has 0 saturated heterocycles. The second-order valence-corrected chi connectivity index (χ2v) is 4.95. The molecule has 0 aliphatic heterocycles. The zero-order valence-electron chi connectivity index (χ0n) is 9.79. The van der Waals surface area contributed by atoms with Crippen molar-refractivity contribution in [3.05, 3.63) is 64.6 Å². The summed E-state index contributed by atoms with van der Waals surface area (Å²) in [5, 5.41) is 2.52. The quantitative estimate of drug-likeness (QED) is 0.819. The van der Waals surface area contributed by atoms with Gasteiger partial charge in [-0.15, -0.1) is 0 Å². The van der Waals surface area contributed by atoms with Gasteiger partial charge in [0.25, 0.3) is 0 Å². The fourth-order valence-corrected chi connectivity index (χ4v) is 1.98. The molecule has 2 rings (SSSR count). The van der Waals surface area contributed by atoms with Crippen LogP contribution in [-0.2, 0) is 0 Å². The summed E-state index contributed by atoms with van der Waals surface area (Å²) in [6, 6.07) is 12.7. The summed E-state index contributed by atoms with van der Waals surface area (Å²) >= 11 is 3.25. The van der Waals surface area contributed by atoms with Crippen molar-refractivity contribution in [2.75, 3.05) is 5.32 Å². The monoisotopic (exact) mass is 329 g/mol. The van der Waals surface area contributed by atoms with Crippen LogP contribution < -0.4 is 5.32 Å². The molecule has 0 aliphatic carbocycles. The molecule has 2 aromatic rings. The molecule has 0 heterocycles. The van der Waals surface area contributed by atoms with Crippen molar-refractivity contribution in [1.82, 2.24) is 0 Å². The van der Waals surface area contributed by atoms with Crippen molar-refractivity contribution < 1.29 is 13.2 Å². The Morgan fingerprint density at radius 1 is 0.895 bits per heavy atom. The minimum atomic E-state index is -4.35. The fraction of sp³-hybridized carbons (Fsp3) is 0.143. The fourth-order valence-electron chi connectivity index (χ4n) is 1.71. The van der Waals surface area contributed by atoms with Crippen LogP contribution in [0.25, 0.3) is 0 Å². The van der Waals surface area contributed by atoms with Crippen molar-refractivity contribution in [2.45, 2.75) is 12.2 Å². The Balaban J connectivity index is 2.27. The average Bonchev–Trinajstić information content (AvgIpc) is 2.37. The summed E-state index contributed by atoms with van der Waals surface area (Å²) < 4.78 is 40.1. The van der Waals surface area contributed by atoms with Gasteiger partial charge in [0.2, 0.25) is 0 Å². The maximum absolute atomic E-state index is 13.1. The Morgan fingerprint density at radius 2 is 1.47 bits per heavy atom. The minimum Gasteiger partial charge on any atom is -0.370 e. The molecular formula is C14H11BrF3N. The highest BCUT2D eigenvalue weighted by Gasteiger charge is 2.40. The van der Waals surface area contributed by atoms with E-state index in [0.29, 0.717) is 5.69 Å². The molecule has 0 aliphatic rings. The van der Waals surface area contributed by atoms with Crippen LogP contribution in [0.3, 0.4) is 0 Å². The van der Waals surface area contributed by atoms with Crippen LogP contribution in [0.4, 0.5) is 18.9 Å². The SMILES string of the molecule is FC(F)(F)[C@@H](Nc1ccc(Br)cc1)c1ccccc1. The van der Waals surface area contributed by atoms with E-state index in [1.807, 2.05) is 0 Å². The lowest BCUT2D eigenvalue weighted by atomic mass is 10.1. The molecule has 0 saturated carbocycles. The third-order valence-electron chi connectivity index (χ3n) is 2.62. The second kappa shape index (κ2) is 5.65. The van der Waals surface area contributed by atoms with E-state index in [-0.39, 0.29) is 5.56 Å². The number of halogens is 4. The Labute approximate surface area is 117 Å². The largest absolute Gasteiger partial charge is 0.412 e. The summed E-state index contributed by atoms with van der Waals surface area (Å²) in [6.07, 6.45) is -4.35. The predicted octanol–water partition coefficient (Wildman–Crippen LogP) is 5.16. The molecule has 0 radical (unpaired) electrons. The van der Waals surface area contributed by atoms with Gasteiger partial charge in [0.05, 0.1) is 0 Å². The molecule has 1 atom stereocenters. The van der Waals surface area contributed by atoms with E-state index in [9.17, 15) is 13.2 Å². The molecule has 0 spiro atoms. The van der Waals surface area contributed by atoms with E-state index in [4.69, 9.17) is 0 Å². The topological polar surface area (TPSA) is 12.0 Å². The summed E-state index contributed by atoms with van der Waals surface area (Å²) in [4.78, 5) is 0. The van der Waals surface area contributed by atoms with Crippen molar-refractivity contribution in [1.29, 1.82) is 0 Å². The Morgan fingerprint density at radius 3 is 2.00 bits per heavy atom. The van der Waals surface area contributed by atoms with E-state index >= 15 is 0 Å². The first-order chi connectivity index (χ1) is 8.97. The van der Waals surface area contributed by atoms with Crippen molar-refractivity contribution in [3.63, 3.8) is 0 Å². The molecule has 5 heteroatoms. The normalized spacial score (nSPS) is 13.1. The van der Waals surface area contributed by atoms with Crippen molar-refractivity contribution >= 4 is 21.6 Å². The first-order valence-electron chi connectivity index (χ1n) is 5.60. The summed E-state index contributed by atoms with van der Waals surface area (Å²) in [5.74, 6) is 0. The maximum Gasteiger partial charge on any atom is 0.412 e. The van der Waals surface area contributed by atoms with Crippen LogP contribution in [0.1, 0.15) is 11.6 Å². The molecule has 0 bridgehead atoms. The number of hydrogen-bond acceptors (Lipinski definition) is 1. The van der Waals surface area contributed by atoms with E-state index < -0.39 is 12.2 Å². The highest BCUT2D eigenvalue weighted by molar-refractivity contribution is 9.10. The number of nitrogens with one attached hydrogen (secondary N) is 1. The summed E-state index contributed by atoms with van der Waals surface area (Å²) in [7, 11) is 0. The molecule has 2 aromatic carbocycles. The molecule has 1 nitrogen and oxygen atoms in total. The van der Waals surface area contributed by atoms with Gasteiger partial charge in [-0.2, -0.15) is 13.2 Å². The Hall–Kier alpha value is -1.49. The lowest BCUT2D eigenvalue weighted by molar-refractivity contribution is -0.144. The summed E-state index contributed by atoms with van der Waals surface area (Å²) in [6.45, 7) is 0. The second-order valence-electron chi connectivity index (χ2n) is 4.04. The minimum absolute atomic E-state index is 0.193. The maximum atomic E-state index is 13.1. The molecule has 0 amide bonds. The van der Waals surface area contributed by atoms with Crippen LogP contribution in [0, 0.1) is 0 Å². The highest BCUT2D eigenvalue weighted by atomic mass is 79.9. The van der Waals surface area contributed by atoms with E-state index in [2.05, 4.69) is 21.2 Å². The number of rotatable bonds is 3. The van der Waals surface area contributed by atoms with Crippen LogP contribution in [-0.4, -0.2) is 6.18 Å². The first-order valence-corrected chi connectivity index (χ1v) is 6.40. The average molecular weight is 330 g/mol. The number of hydrogen-bond donors (Lipinski definition) is 1. The third-order valence-corrected chi connectivity index (χ3v) is 3.14. The Kier molecular flexibility index (Phi) is 4.14. The lowest BCUT2D eigenvalue weighted by Gasteiger charge is -2.23. The number of alkyl halides is 3. The van der Waals surface area contributed by atoms with Gasteiger partial charge in [-0.3, -0.25) is 0 Å². The first kappa shape index (κ1) is 13.9. The number of anilines is 1. The van der Waals surface area contributed by atoms with Gasteiger partial charge in [0.15, 0.2) is 0 Å². The highest BCUT2D eigenvalue weighted by Crippen LogP contribution is 2.35. The molecule has 0 fully saturated rings. The van der Waals surface area contributed by atoms with Crippen LogP contribution in [0.2, 0.25) is 0 Å².